The van der Waals surface area contributed by atoms with Gasteiger partial charge in [-0.2, -0.15) is 0 Å². The SMILES string of the molecule is Nc1cc([N+](=O)[O-])cc(NCC2CCCCC2O)n1. The van der Waals surface area contributed by atoms with Gasteiger partial charge in [-0.25, -0.2) is 4.98 Å². The van der Waals surface area contributed by atoms with Gasteiger partial charge in [-0.1, -0.05) is 12.8 Å². The molecule has 2 atom stereocenters. The molecule has 0 aliphatic heterocycles. The average Bonchev–Trinajstić information content (AvgIpc) is 2.37. The summed E-state index contributed by atoms with van der Waals surface area (Å²) in [6.45, 7) is 0.550. The van der Waals surface area contributed by atoms with Crippen LogP contribution in [0.1, 0.15) is 25.7 Å². The zero-order chi connectivity index (χ0) is 13.8. The topological polar surface area (TPSA) is 114 Å². The van der Waals surface area contributed by atoms with Gasteiger partial charge in [-0.05, 0) is 12.8 Å². The Morgan fingerprint density at radius 2 is 2.21 bits per heavy atom. The number of nitrogens with two attached hydrogens (primary N) is 1. The molecule has 1 aromatic heterocycles. The van der Waals surface area contributed by atoms with Crippen LogP contribution in [0.25, 0.3) is 0 Å². The predicted molar refractivity (Wildman–Crippen MR) is 71.8 cm³/mol. The summed E-state index contributed by atoms with van der Waals surface area (Å²) in [6.07, 6.45) is 3.63. The van der Waals surface area contributed by atoms with Gasteiger partial charge >= 0.3 is 0 Å². The van der Waals surface area contributed by atoms with Crippen LogP contribution in [0.3, 0.4) is 0 Å². The fourth-order valence-electron chi connectivity index (χ4n) is 2.39. The lowest BCUT2D eigenvalue weighted by atomic mass is 9.86. The molecule has 19 heavy (non-hydrogen) atoms. The second-order valence-electron chi connectivity index (χ2n) is 4.89. The number of hydrogen-bond acceptors (Lipinski definition) is 6. The fraction of sp³-hybridized carbons (Fsp3) is 0.583. The molecule has 1 aliphatic carbocycles. The van der Waals surface area contributed by atoms with Gasteiger partial charge in [-0.15, -0.1) is 0 Å². The second-order valence-corrected chi connectivity index (χ2v) is 4.89. The normalized spacial score (nSPS) is 23.0. The van der Waals surface area contributed by atoms with Crippen molar-refractivity contribution in [3.8, 4) is 0 Å². The average molecular weight is 266 g/mol. The molecule has 7 nitrogen and oxygen atoms in total. The fourth-order valence-corrected chi connectivity index (χ4v) is 2.39. The van der Waals surface area contributed by atoms with Crippen LogP contribution in [0, 0.1) is 16.0 Å². The number of nitro groups is 1. The lowest BCUT2D eigenvalue weighted by Crippen LogP contribution is -2.30. The molecule has 2 rings (SSSR count). The lowest BCUT2D eigenvalue weighted by Gasteiger charge is -2.27. The minimum atomic E-state index is -0.501. The molecule has 4 N–H and O–H groups in total. The molecule has 0 spiro atoms. The summed E-state index contributed by atoms with van der Waals surface area (Å²) in [7, 11) is 0. The smallest absolute Gasteiger partial charge is 0.276 e. The summed E-state index contributed by atoms with van der Waals surface area (Å²) in [5.74, 6) is 0.654. The summed E-state index contributed by atoms with van der Waals surface area (Å²) in [4.78, 5) is 14.2. The Balaban J connectivity index is 2.00. The van der Waals surface area contributed by atoms with Gasteiger partial charge < -0.3 is 16.2 Å². The zero-order valence-corrected chi connectivity index (χ0v) is 10.6. The molecule has 1 heterocycles. The van der Waals surface area contributed by atoms with E-state index < -0.39 is 4.92 Å². The van der Waals surface area contributed by atoms with Gasteiger partial charge in [-0.3, -0.25) is 10.1 Å². The van der Waals surface area contributed by atoms with Crippen LogP contribution < -0.4 is 11.1 Å². The molecule has 0 radical (unpaired) electrons. The van der Waals surface area contributed by atoms with E-state index in [4.69, 9.17) is 5.73 Å². The van der Waals surface area contributed by atoms with Gasteiger partial charge in [0.1, 0.15) is 11.6 Å². The number of aliphatic hydroxyl groups excluding tert-OH is 1. The molecule has 0 aromatic carbocycles. The van der Waals surface area contributed by atoms with Gasteiger partial charge in [0, 0.05) is 12.5 Å². The summed E-state index contributed by atoms with van der Waals surface area (Å²) in [6, 6.07) is 2.58. The van der Waals surface area contributed by atoms with E-state index in [0.717, 1.165) is 25.7 Å². The van der Waals surface area contributed by atoms with E-state index in [1.807, 2.05) is 0 Å². The maximum Gasteiger partial charge on any atom is 0.276 e. The predicted octanol–water partition coefficient (Wildman–Crippen LogP) is 1.53. The number of aliphatic hydroxyl groups is 1. The third-order valence-electron chi connectivity index (χ3n) is 3.46. The van der Waals surface area contributed by atoms with Crippen LogP contribution >= 0.6 is 0 Å². The van der Waals surface area contributed by atoms with E-state index in [1.165, 1.54) is 12.1 Å². The van der Waals surface area contributed by atoms with Gasteiger partial charge in [0.2, 0.25) is 0 Å². The van der Waals surface area contributed by atoms with Crippen LogP contribution in [-0.2, 0) is 0 Å². The summed E-state index contributed by atoms with van der Waals surface area (Å²) in [5.41, 5.74) is 5.44. The molecule has 7 heteroatoms. The van der Waals surface area contributed by atoms with Crippen molar-refractivity contribution < 1.29 is 10.0 Å². The zero-order valence-electron chi connectivity index (χ0n) is 10.6. The van der Waals surface area contributed by atoms with E-state index in [9.17, 15) is 15.2 Å². The number of rotatable bonds is 4. The second kappa shape index (κ2) is 5.83. The number of nitrogen functional groups attached to an aromatic ring is 1. The molecule has 0 saturated heterocycles. The van der Waals surface area contributed by atoms with Crippen molar-refractivity contribution in [2.45, 2.75) is 31.8 Å². The number of aromatic nitrogens is 1. The van der Waals surface area contributed by atoms with Gasteiger partial charge in [0.05, 0.1) is 23.2 Å². The Morgan fingerprint density at radius 3 is 2.89 bits per heavy atom. The molecule has 0 bridgehead atoms. The van der Waals surface area contributed by atoms with E-state index in [-0.39, 0.29) is 23.5 Å². The monoisotopic (exact) mass is 266 g/mol. The molecular weight excluding hydrogens is 248 g/mol. The third kappa shape index (κ3) is 3.54. The number of nitrogens with one attached hydrogen (secondary N) is 1. The van der Waals surface area contributed by atoms with Crippen molar-refractivity contribution in [3.63, 3.8) is 0 Å². The molecule has 0 amide bonds. The van der Waals surface area contributed by atoms with Gasteiger partial charge in [0.25, 0.3) is 5.69 Å². The van der Waals surface area contributed by atoms with Crippen molar-refractivity contribution in [1.29, 1.82) is 0 Å². The summed E-state index contributed by atoms with van der Waals surface area (Å²) >= 11 is 0. The van der Waals surface area contributed by atoms with Crippen LogP contribution in [0.4, 0.5) is 17.3 Å². The Hall–Kier alpha value is -1.89. The van der Waals surface area contributed by atoms with Crippen LogP contribution in [0.2, 0.25) is 0 Å². The summed E-state index contributed by atoms with van der Waals surface area (Å²) in [5, 5.41) is 23.6. The number of nitrogens with zero attached hydrogens (tertiary/aromatic N) is 2. The lowest BCUT2D eigenvalue weighted by molar-refractivity contribution is -0.384. The van der Waals surface area contributed by atoms with E-state index in [0.29, 0.717) is 12.4 Å². The molecule has 1 fully saturated rings. The van der Waals surface area contributed by atoms with E-state index >= 15 is 0 Å². The molecule has 1 aromatic rings. The van der Waals surface area contributed by atoms with Crippen LogP contribution in [0.15, 0.2) is 12.1 Å². The minimum absolute atomic E-state index is 0.0841. The maximum absolute atomic E-state index is 10.7. The third-order valence-corrected chi connectivity index (χ3v) is 3.46. The highest BCUT2D eigenvalue weighted by atomic mass is 16.6. The highest BCUT2D eigenvalue weighted by Crippen LogP contribution is 2.25. The Labute approximate surface area is 111 Å². The van der Waals surface area contributed by atoms with Crippen molar-refractivity contribution >= 4 is 17.3 Å². The van der Waals surface area contributed by atoms with Crippen molar-refractivity contribution in [2.75, 3.05) is 17.6 Å². The molecule has 2 unspecified atom stereocenters. The standard InChI is InChI=1S/C12H18N4O3/c13-11-5-9(16(18)19)6-12(15-11)14-7-8-3-1-2-4-10(8)17/h5-6,8,10,17H,1-4,7H2,(H3,13,14,15). The number of pyridine rings is 1. The van der Waals surface area contributed by atoms with E-state index in [1.54, 1.807) is 0 Å². The van der Waals surface area contributed by atoms with Gasteiger partial charge in [0.15, 0.2) is 0 Å². The molecular formula is C12H18N4O3. The quantitative estimate of drug-likeness (QED) is 0.562. The largest absolute Gasteiger partial charge is 0.393 e. The first kappa shape index (κ1) is 13.5. The van der Waals surface area contributed by atoms with Crippen LogP contribution in [-0.4, -0.2) is 27.7 Å². The summed E-state index contributed by atoms with van der Waals surface area (Å²) < 4.78 is 0. The molecule has 1 saturated carbocycles. The highest BCUT2D eigenvalue weighted by Gasteiger charge is 2.23. The molecule has 104 valence electrons. The maximum atomic E-state index is 10.7. The van der Waals surface area contributed by atoms with Crippen LogP contribution in [0.5, 0.6) is 0 Å². The first-order valence-electron chi connectivity index (χ1n) is 6.40. The van der Waals surface area contributed by atoms with E-state index in [2.05, 4.69) is 10.3 Å². The van der Waals surface area contributed by atoms with Crippen molar-refractivity contribution in [1.82, 2.24) is 4.98 Å². The first-order chi connectivity index (χ1) is 9.06. The first-order valence-corrected chi connectivity index (χ1v) is 6.40. The highest BCUT2D eigenvalue weighted by molar-refractivity contribution is 5.52. The minimum Gasteiger partial charge on any atom is -0.393 e. The molecule has 1 aliphatic rings. The van der Waals surface area contributed by atoms with Crippen molar-refractivity contribution in [3.05, 3.63) is 22.2 Å². The Bertz CT molecular complexity index is 466. The number of anilines is 2. The number of hydrogen-bond donors (Lipinski definition) is 3. The van der Waals surface area contributed by atoms with Crippen molar-refractivity contribution in [2.24, 2.45) is 5.92 Å². The Morgan fingerprint density at radius 1 is 1.47 bits per heavy atom. The Kier molecular flexibility index (Phi) is 4.16.